The SMILES string of the molecule is Cc1cc(C)c(-c2c3ccccc3nc3cccc(C)c23)c(C)c1. The average Bonchev–Trinajstić information content (AvgIpc) is 2.53. The summed E-state index contributed by atoms with van der Waals surface area (Å²) in [6.07, 6.45) is 0. The highest BCUT2D eigenvalue weighted by atomic mass is 14.7. The molecule has 0 saturated heterocycles. The van der Waals surface area contributed by atoms with Crippen LogP contribution in [-0.4, -0.2) is 4.98 Å². The highest BCUT2D eigenvalue weighted by Crippen LogP contribution is 2.39. The molecule has 1 nitrogen and oxygen atoms in total. The maximum atomic E-state index is 4.90. The molecule has 4 aromatic rings. The second-order valence-electron chi connectivity index (χ2n) is 6.75. The number of hydrogen-bond acceptors (Lipinski definition) is 1. The van der Waals surface area contributed by atoms with Gasteiger partial charge in [0.25, 0.3) is 0 Å². The van der Waals surface area contributed by atoms with Crippen molar-refractivity contribution >= 4 is 21.8 Å². The summed E-state index contributed by atoms with van der Waals surface area (Å²) in [5.74, 6) is 0. The van der Waals surface area contributed by atoms with Crippen LogP contribution >= 0.6 is 0 Å². The molecule has 0 bridgehead atoms. The third kappa shape index (κ3) is 2.20. The quantitative estimate of drug-likeness (QED) is 0.376. The van der Waals surface area contributed by atoms with Gasteiger partial charge < -0.3 is 0 Å². The zero-order valence-electron chi connectivity index (χ0n) is 14.6. The van der Waals surface area contributed by atoms with E-state index in [2.05, 4.69) is 82.3 Å². The zero-order valence-corrected chi connectivity index (χ0v) is 14.6. The normalized spacial score (nSPS) is 11.3. The molecular formula is C23H21N. The van der Waals surface area contributed by atoms with E-state index in [1.165, 1.54) is 44.2 Å². The third-order valence-electron chi connectivity index (χ3n) is 4.84. The Bertz CT molecular complexity index is 1070. The molecule has 118 valence electrons. The first kappa shape index (κ1) is 14.9. The van der Waals surface area contributed by atoms with Crippen LogP contribution < -0.4 is 0 Å². The van der Waals surface area contributed by atoms with Gasteiger partial charge in [0.05, 0.1) is 11.0 Å². The second-order valence-corrected chi connectivity index (χ2v) is 6.75. The van der Waals surface area contributed by atoms with Crippen molar-refractivity contribution in [1.29, 1.82) is 0 Å². The summed E-state index contributed by atoms with van der Waals surface area (Å²) >= 11 is 0. The fraction of sp³-hybridized carbons (Fsp3) is 0.174. The first-order valence-electron chi connectivity index (χ1n) is 8.42. The van der Waals surface area contributed by atoms with Crippen LogP contribution in [0.3, 0.4) is 0 Å². The summed E-state index contributed by atoms with van der Waals surface area (Å²) in [6, 6.07) is 19.4. The smallest absolute Gasteiger partial charge is 0.0718 e. The Morgan fingerprint density at radius 3 is 2.04 bits per heavy atom. The minimum Gasteiger partial charge on any atom is -0.248 e. The van der Waals surface area contributed by atoms with E-state index in [4.69, 9.17) is 4.98 Å². The molecular weight excluding hydrogens is 290 g/mol. The molecule has 0 aliphatic heterocycles. The Labute approximate surface area is 143 Å². The van der Waals surface area contributed by atoms with E-state index < -0.39 is 0 Å². The number of pyridine rings is 1. The van der Waals surface area contributed by atoms with Crippen molar-refractivity contribution in [2.45, 2.75) is 27.7 Å². The fourth-order valence-corrected chi connectivity index (χ4v) is 3.95. The maximum Gasteiger partial charge on any atom is 0.0718 e. The number of aromatic nitrogens is 1. The second kappa shape index (κ2) is 5.45. The van der Waals surface area contributed by atoms with Crippen molar-refractivity contribution in [2.75, 3.05) is 0 Å². The summed E-state index contributed by atoms with van der Waals surface area (Å²) in [6.45, 7) is 8.78. The molecule has 24 heavy (non-hydrogen) atoms. The molecule has 0 amide bonds. The Morgan fingerprint density at radius 1 is 0.625 bits per heavy atom. The highest BCUT2D eigenvalue weighted by Gasteiger charge is 2.16. The van der Waals surface area contributed by atoms with Gasteiger partial charge in [-0.2, -0.15) is 0 Å². The van der Waals surface area contributed by atoms with Crippen LogP contribution in [0.4, 0.5) is 0 Å². The van der Waals surface area contributed by atoms with E-state index in [0.29, 0.717) is 0 Å². The number of aryl methyl sites for hydroxylation is 4. The van der Waals surface area contributed by atoms with E-state index in [1.807, 2.05) is 0 Å². The average molecular weight is 311 g/mol. The largest absolute Gasteiger partial charge is 0.248 e. The molecule has 0 atom stereocenters. The maximum absolute atomic E-state index is 4.90. The third-order valence-corrected chi connectivity index (χ3v) is 4.84. The van der Waals surface area contributed by atoms with Gasteiger partial charge >= 0.3 is 0 Å². The molecule has 1 heteroatoms. The van der Waals surface area contributed by atoms with Crippen LogP contribution in [0.5, 0.6) is 0 Å². The lowest BCUT2D eigenvalue weighted by atomic mass is 9.88. The van der Waals surface area contributed by atoms with Crippen LogP contribution in [0.1, 0.15) is 22.3 Å². The molecule has 0 spiro atoms. The standard InChI is InChI=1S/C23H21N/c1-14-12-16(3)21(17(4)13-14)23-18-9-5-6-10-19(18)24-20-11-7-8-15(2)22(20)23/h5-13H,1-4H3. The zero-order chi connectivity index (χ0) is 16.8. The van der Waals surface area contributed by atoms with Gasteiger partial charge in [0.15, 0.2) is 0 Å². The van der Waals surface area contributed by atoms with Crippen molar-refractivity contribution < 1.29 is 0 Å². The lowest BCUT2D eigenvalue weighted by Crippen LogP contribution is -1.96. The van der Waals surface area contributed by atoms with Crippen molar-refractivity contribution in [3.63, 3.8) is 0 Å². The number of fused-ring (bicyclic) bond motifs is 2. The minimum absolute atomic E-state index is 1.06. The Balaban J connectivity index is 2.29. The van der Waals surface area contributed by atoms with E-state index >= 15 is 0 Å². The molecule has 4 rings (SSSR count). The number of hydrogen-bond donors (Lipinski definition) is 0. The van der Waals surface area contributed by atoms with Gasteiger partial charge in [-0.25, -0.2) is 4.98 Å². The van der Waals surface area contributed by atoms with Crippen LogP contribution in [-0.2, 0) is 0 Å². The summed E-state index contributed by atoms with van der Waals surface area (Å²) in [5, 5.41) is 2.50. The summed E-state index contributed by atoms with van der Waals surface area (Å²) in [4.78, 5) is 4.90. The Hall–Kier alpha value is -2.67. The summed E-state index contributed by atoms with van der Waals surface area (Å²) in [5.41, 5.74) is 10.0. The number of benzene rings is 3. The van der Waals surface area contributed by atoms with Crippen LogP contribution in [0.2, 0.25) is 0 Å². The monoisotopic (exact) mass is 311 g/mol. The Morgan fingerprint density at radius 2 is 1.29 bits per heavy atom. The van der Waals surface area contributed by atoms with Crippen molar-refractivity contribution in [1.82, 2.24) is 4.98 Å². The molecule has 3 aromatic carbocycles. The van der Waals surface area contributed by atoms with Crippen LogP contribution in [0.15, 0.2) is 54.6 Å². The molecule has 0 aliphatic rings. The first-order valence-corrected chi connectivity index (χ1v) is 8.42. The minimum atomic E-state index is 1.06. The highest BCUT2D eigenvalue weighted by molar-refractivity contribution is 6.11. The molecule has 1 heterocycles. The summed E-state index contributed by atoms with van der Waals surface area (Å²) < 4.78 is 0. The first-order chi connectivity index (χ1) is 11.6. The van der Waals surface area contributed by atoms with E-state index in [-0.39, 0.29) is 0 Å². The van der Waals surface area contributed by atoms with Crippen molar-refractivity contribution in [3.8, 4) is 11.1 Å². The number of rotatable bonds is 1. The van der Waals surface area contributed by atoms with Gasteiger partial charge in [0, 0.05) is 16.3 Å². The fourth-order valence-electron chi connectivity index (χ4n) is 3.95. The molecule has 0 unspecified atom stereocenters. The Kier molecular flexibility index (Phi) is 3.38. The van der Waals surface area contributed by atoms with Gasteiger partial charge in [-0.15, -0.1) is 0 Å². The molecule has 1 aromatic heterocycles. The van der Waals surface area contributed by atoms with Crippen molar-refractivity contribution in [2.24, 2.45) is 0 Å². The topological polar surface area (TPSA) is 12.9 Å². The predicted octanol–water partition coefficient (Wildman–Crippen LogP) is 6.29. The molecule has 0 saturated carbocycles. The van der Waals surface area contributed by atoms with Crippen LogP contribution in [0.25, 0.3) is 32.9 Å². The molecule has 0 N–H and O–H groups in total. The van der Waals surface area contributed by atoms with Crippen molar-refractivity contribution in [3.05, 3.63) is 76.9 Å². The van der Waals surface area contributed by atoms with Gasteiger partial charge in [-0.1, -0.05) is 48.0 Å². The van der Waals surface area contributed by atoms with E-state index in [1.54, 1.807) is 0 Å². The van der Waals surface area contributed by atoms with E-state index in [9.17, 15) is 0 Å². The molecule has 0 fully saturated rings. The van der Waals surface area contributed by atoms with Gasteiger partial charge in [-0.05, 0) is 62.1 Å². The van der Waals surface area contributed by atoms with Gasteiger partial charge in [0.1, 0.15) is 0 Å². The number of nitrogens with zero attached hydrogens (tertiary/aromatic N) is 1. The number of para-hydroxylation sites is 1. The van der Waals surface area contributed by atoms with Gasteiger partial charge in [0.2, 0.25) is 0 Å². The van der Waals surface area contributed by atoms with Crippen LogP contribution in [0, 0.1) is 27.7 Å². The predicted molar refractivity (Wildman–Crippen MR) is 104 cm³/mol. The van der Waals surface area contributed by atoms with E-state index in [0.717, 1.165) is 11.0 Å². The lowest BCUT2D eigenvalue weighted by Gasteiger charge is -2.18. The molecule has 0 aliphatic carbocycles. The molecule has 0 radical (unpaired) electrons. The van der Waals surface area contributed by atoms with Gasteiger partial charge in [-0.3, -0.25) is 0 Å². The lowest BCUT2D eigenvalue weighted by molar-refractivity contribution is 1.32. The summed E-state index contributed by atoms with van der Waals surface area (Å²) in [7, 11) is 0.